The van der Waals surface area contributed by atoms with E-state index < -0.39 is 5.97 Å². The van der Waals surface area contributed by atoms with E-state index in [9.17, 15) is 4.79 Å². The van der Waals surface area contributed by atoms with Crippen molar-refractivity contribution in [1.29, 1.82) is 0 Å². The number of halogens is 2. The first-order chi connectivity index (χ1) is 13.6. The fourth-order valence-corrected chi connectivity index (χ4v) is 3.00. The van der Waals surface area contributed by atoms with Crippen LogP contribution in [0.4, 0.5) is 5.69 Å². The highest BCUT2D eigenvalue weighted by molar-refractivity contribution is 6.31. The van der Waals surface area contributed by atoms with Crippen LogP contribution in [0.3, 0.4) is 0 Å². The average Bonchev–Trinajstić information content (AvgIpc) is 2.71. The lowest BCUT2D eigenvalue weighted by Gasteiger charge is -2.18. The predicted octanol–water partition coefficient (Wildman–Crippen LogP) is 6.54. The zero-order chi connectivity index (χ0) is 19.9. The number of hydrogen-bond donors (Lipinski definition) is 1. The molecule has 142 valence electrons. The summed E-state index contributed by atoms with van der Waals surface area (Å²) in [6.45, 7) is 2.07. The number of benzene rings is 3. The van der Waals surface area contributed by atoms with E-state index in [-0.39, 0.29) is 6.61 Å². The minimum Gasteiger partial charge on any atom is -0.462 e. The first-order valence-corrected chi connectivity index (χ1v) is 9.59. The van der Waals surface area contributed by atoms with Crippen LogP contribution in [-0.2, 0) is 9.53 Å². The van der Waals surface area contributed by atoms with Crippen molar-refractivity contribution in [1.82, 2.24) is 0 Å². The maximum absolute atomic E-state index is 12.9. The molecule has 3 nitrogen and oxygen atoms in total. The van der Waals surface area contributed by atoms with Crippen LogP contribution in [0.25, 0.3) is 11.3 Å². The summed E-state index contributed by atoms with van der Waals surface area (Å²) in [5.41, 5.74) is 3.44. The molecular formula is C23H19Cl2NO2. The smallest absolute Gasteiger partial charge is 0.340 e. The van der Waals surface area contributed by atoms with Gasteiger partial charge in [-0.05, 0) is 54.4 Å². The Morgan fingerprint density at radius 3 is 1.96 bits per heavy atom. The normalized spacial score (nSPS) is 11.5. The van der Waals surface area contributed by atoms with Crippen LogP contribution < -0.4 is 5.32 Å². The highest BCUT2D eigenvalue weighted by Gasteiger charge is 2.20. The number of carbonyl (C=O) groups is 1. The highest BCUT2D eigenvalue weighted by Crippen LogP contribution is 2.30. The third-order valence-electron chi connectivity index (χ3n) is 4.04. The lowest BCUT2D eigenvalue weighted by atomic mass is 9.99. The SMILES string of the molecule is CCOC(=O)/C(=C(\Nc1ccc(Cl)cc1)c1ccc(Cl)cc1)c1ccccc1. The van der Waals surface area contributed by atoms with Gasteiger partial charge in [0.25, 0.3) is 0 Å². The maximum Gasteiger partial charge on any atom is 0.340 e. The molecule has 0 radical (unpaired) electrons. The molecule has 0 saturated carbocycles. The summed E-state index contributed by atoms with van der Waals surface area (Å²) in [4.78, 5) is 12.9. The summed E-state index contributed by atoms with van der Waals surface area (Å²) in [5, 5.41) is 4.61. The second-order valence-corrected chi connectivity index (χ2v) is 6.85. The predicted molar refractivity (Wildman–Crippen MR) is 116 cm³/mol. The Morgan fingerprint density at radius 1 is 0.821 bits per heavy atom. The molecule has 0 aromatic heterocycles. The van der Waals surface area contributed by atoms with Crippen LogP contribution in [-0.4, -0.2) is 12.6 Å². The molecule has 5 heteroatoms. The van der Waals surface area contributed by atoms with Gasteiger partial charge in [0.1, 0.15) is 0 Å². The molecule has 0 aliphatic rings. The monoisotopic (exact) mass is 411 g/mol. The van der Waals surface area contributed by atoms with Crippen LogP contribution in [0.2, 0.25) is 10.0 Å². The van der Waals surface area contributed by atoms with Gasteiger partial charge in [-0.15, -0.1) is 0 Å². The lowest BCUT2D eigenvalue weighted by Crippen LogP contribution is -2.13. The van der Waals surface area contributed by atoms with Gasteiger partial charge in [-0.25, -0.2) is 4.79 Å². The third-order valence-corrected chi connectivity index (χ3v) is 4.54. The maximum atomic E-state index is 12.9. The minimum atomic E-state index is -0.403. The Morgan fingerprint density at radius 2 is 1.39 bits per heavy atom. The summed E-state index contributed by atoms with van der Waals surface area (Å²) in [5.74, 6) is -0.403. The van der Waals surface area contributed by atoms with Gasteiger partial charge in [0.15, 0.2) is 0 Å². The van der Waals surface area contributed by atoms with E-state index in [1.165, 1.54) is 0 Å². The number of anilines is 1. The fourth-order valence-electron chi connectivity index (χ4n) is 2.75. The second-order valence-electron chi connectivity index (χ2n) is 5.98. The molecule has 0 aliphatic carbocycles. The van der Waals surface area contributed by atoms with Crippen molar-refractivity contribution >= 4 is 46.1 Å². The average molecular weight is 412 g/mol. The minimum absolute atomic E-state index is 0.282. The van der Waals surface area contributed by atoms with Crippen molar-refractivity contribution in [3.05, 3.63) is 100 Å². The number of ether oxygens (including phenoxy) is 1. The summed E-state index contributed by atoms with van der Waals surface area (Å²) >= 11 is 12.1. The Hall–Kier alpha value is -2.75. The summed E-state index contributed by atoms with van der Waals surface area (Å²) in [7, 11) is 0. The zero-order valence-electron chi connectivity index (χ0n) is 15.3. The quantitative estimate of drug-likeness (QED) is 0.284. The number of rotatable bonds is 6. The first kappa shape index (κ1) is 20.0. The van der Waals surface area contributed by atoms with E-state index in [0.717, 1.165) is 16.8 Å². The van der Waals surface area contributed by atoms with Crippen LogP contribution in [0.1, 0.15) is 18.1 Å². The molecule has 0 heterocycles. The van der Waals surface area contributed by atoms with Gasteiger partial charge < -0.3 is 10.1 Å². The third kappa shape index (κ3) is 4.94. The second kappa shape index (κ2) is 9.45. The molecular weight excluding hydrogens is 393 g/mol. The van der Waals surface area contributed by atoms with E-state index in [1.54, 1.807) is 31.2 Å². The topological polar surface area (TPSA) is 38.3 Å². The Labute approximate surface area is 174 Å². The van der Waals surface area contributed by atoms with Gasteiger partial charge in [0.2, 0.25) is 0 Å². The molecule has 3 rings (SSSR count). The van der Waals surface area contributed by atoms with Crippen LogP contribution >= 0.6 is 23.2 Å². The summed E-state index contributed by atoms with van der Waals surface area (Å²) in [6, 6.07) is 24.0. The van der Waals surface area contributed by atoms with Crippen molar-refractivity contribution in [3.63, 3.8) is 0 Å². The van der Waals surface area contributed by atoms with E-state index in [1.807, 2.05) is 54.6 Å². The molecule has 28 heavy (non-hydrogen) atoms. The van der Waals surface area contributed by atoms with Crippen LogP contribution in [0, 0.1) is 0 Å². The van der Waals surface area contributed by atoms with Crippen molar-refractivity contribution < 1.29 is 9.53 Å². The van der Waals surface area contributed by atoms with Gasteiger partial charge in [-0.3, -0.25) is 0 Å². The fraction of sp³-hybridized carbons (Fsp3) is 0.0870. The van der Waals surface area contributed by atoms with Crippen LogP contribution in [0.5, 0.6) is 0 Å². The Balaban J connectivity index is 2.20. The van der Waals surface area contributed by atoms with Crippen LogP contribution in [0.15, 0.2) is 78.9 Å². The zero-order valence-corrected chi connectivity index (χ0v) is 16.8. The Kier molecular flexibility index (Phi) is 6.75. The molecule has 0 aliphatic heterocycles. The molecule has 0 bridgehead atoms. The number of esters is 1. The first-order valence-electron chi connectivity index (χ1n) is 8.84. The molecule has 0 fully saturated rings. The Bertz CT molecular complexity index is 966. The van der Waals surface area contributed by atoms with Gasteiger partial charge in [0, 0.05) is 15.7 Å². The molecule has 0 spiro atoms. The molecule has 0 atom stereocenters. The molecule has 1 N–H and O–H groups in total. The van der Waals surface area contributed by atoms with Gasteiger partial charge >= 0.3 is 5.97 Å². The lowest BCUT2D eigenvalue weighted by molar-refractivity contribution is -0.136. The van der Waals surface area contributed by atoms with E-state index >= 15 is 0 Å². The van der Waals surface area contributed by atoms with Gasteiger partial charge in [0.05, 0.1) is 17.9 Å². The molecule has 3 aromatic carbocycles. The van der Waals surface area contributed by atoms with Gasteiger partial charge in [-0.2, -0.15) is 0 Å². The van der Waals surface area contributed by atoms with Crippen molar-refractivity contribution in [2.45, 2.75) is 6.92 Å². The highest BCUT2D eigenvalue weighted by atomic mass is 35.5. The van der Waals surface area contributed by atoms with Gasteiger partial charge in [-0.1, -0.05) is 65.7 Å². The molecule has 3 aromatic rings. The van der Waals surface area contributed by atoms with E-state index in [0.29, 0.717) is 21.3 Å². The molecule has 0 unspecified atom stereocenters. The van der Waals surface area contributed by atoms with E-state index in [4.69, 9.17) is 27.9 Å². The standard InChI is InChI=1S/C23H19Cl2NO2/c1-2-28-23(27)21(16-6-4-3-5-7-16)22(17-8-10-18(24)11-9-17)26-20-14-12-19(25)13-15-20/h3-15,26H,2H2,1H3/b22-21-. The number of nitrogens with one attached hydrogen (secondary N) is 1. The van der Waals surface area contributed by atoms with E-state index in [2.05, 4.69) is 5.32 Å². The summed E-state index contributed by atoms with van der Waals surface area (Å²) in [6.07, 6.45) is 0. The van der Waals surface area contributed by atoms with Crippen molar-refractivity contribution in [3.8, 4) is 0 Å². The summed E-state index contributed by atoms with van der Waals surface area (Å²) < 4.78 is 5.36. The molecule has 0 saturated heterocycles. The molecule has 0 amide bonds. The number of carbonyl (C=O) groups excluding carboxylic acids is 1. The number of hydrogen-bond acceptors (Lipinski definition) is 3. The largest absolute Gasteiger partial charge is 0.462 e. The van der Waals surface area contributed by atoms with Crippen molar-refractivity contribution in [2.24, 2.45) is 0 Å². The van der Waals surface area contributed by atoms with Crippen molar-refractivity contribution in [2.75, 3.05) is 11.9 Å².